The van der Waals surface area contributed by atoms with Crippen molar-refractivity contribution >= 4 is 27.8 Å². The van der Waals surface area contributed by atoms with Crippen molar-refractivity contribution in [2.45, 2.75) is 26.4 Å². The van der Waals surface area contributed by atoms with Gasteiger partial charge < -0.3 is 23.8 Å². The molecule has 0 bridgehead atoms. The second-order valence-electron chi connectivity index (χ2n) is 5.82. The first kappa shape index (κ1) is 20.5. The predicted molar refractivity (Wildman–Crippen MR) is 98.8 cm³/mol. The number of carbonyl (C=O) groups is 2. The van der Waals surface area contributed by atoms with Crippen LogP contribution in [-0.2, 0) is 14.3 Å². The molecule has 0 N–H and O–H groups in total. The molecule has 0 spiro atoms. The summed E-state index contributed by atoms with van der Waals surface area (Å²) in [6.07, 6.45) is -0.0259. The monoisotopic (exact) mass is 429 g/mol. The van der Waals surface area contributed by atoms with Crippen molar-refractivity contribution < 1.29 is 28.5 Å². The van der Waals surface area contributed by atoms with Gasteiger partial charge in [-0.15, -0.1) is 0 Å². The molecule has 144 valence electrons. The Morgan fingerprint density at radius 3 is 2.62 bits per heavy atom. The van der Waals surface area contributed by atoms with Gasteiger partial charge in [0.25, 0.3) is 5.91 Å². The van der Waals surface area contributed by atoms with Crippen molar-refractivity contribution in [1.29, 1.82) is 0 Å². The predicted octanol–water partition coefficient (Wildman–Crippen LogP) is 2.65. The minimum Gasteiger partial charge on any atom is -0.493 e. The smallest absolute Gasteiger partial charge is 0.339 e. The largest absolute Gasteiger partial charge is 0.493 e. The maximum atomic E-state index is 12.5. The van der Waals surface area contributed by atoms with Crippen molar-refractivity contribution in [1.82, 2.24) is 4.90 Å². The van der Waals surface area contributed by atoms with Gasteiger partial charge in [0.05, 0.1) is 37.0 Å². The molecular weight excluding hydrogens is 406 g/mol. The summed E-state index contributed by atoms with van der Waals surface area (Å²) in [6.45, 7) is 6.10. The van der Waals surface area contributed by atoms with Crippen molar-refractivity contribution in [3.63, 3.8) is 0 Å². The SMILES string of the molecule is CCCOc1c(Br)cc(C(=O)OC(C)C(=O)N2CCOCC2)cc1OC. The summed E-state index contributed by atoms with van der Waals surface area (Å²) >= 11 is 3.39. The van der Waals surface area contributed by atoms with E-state index in [1.54, 1.807) is 24.0 Å². The highest BCUT2D eigenvalue weighted by Gasteiger charge is 2.26. The Kier molecular flexibility index (Phi) is 7.71. The maximum Gasteiger partial charge on any atom is 0.339 e. The van der Waals surface area contributed by atoms with E-state index in [1.807, 2.05) is 6.92 Å². The fraction of sp³-hybridized carbons (Fsp3) is 0.556. The van der Waals surface area contributed by atoms with Crippen LogP contribution >= 0.6 is 15.9 Å². The average molecular weight is 430 g/mol. The highest BCUT2D eigenvalue weighted by molar-refractivity contribution is 9.10. The van der Waals surface area contributed by atoms with E-state index >= 15 is 0 Å². The molecule has 1 aliphatic heterocycles. The van der Waals surface area contributed by atoms with Crippen LogP contribution < -0.4 is 9.47 Å². The van der Waals surface area contributed by atoms with Gasteiger partial charge in [-0.2, -0.15) is 0 Å². The topological polar surface area (TPSA) is 74.3 Å². The molecular formula is C18H24BrNO6. The van der Waals surface area contributed by atoms with Crippen LogP contribution in [0.15, 0.2) is 16.6 Å². The lowest BCUT2D eigenvalue weighted by Gasteiger charge is -2.29. The Balaban J connectivity index is 2.08. The Hall–Kier alpha value is -1.80. The summed E-state index contributed by atoms with van der Waals surface area (Å²) in [4.78, 5) is 26.5. The lowest BCUT2D eigenvalue weighted by atomic mass is 10.2. The van der Waals surface area contributed by atoms with E-state index in [0.717, 1.165) is 6.42 Å². The van der Waals surface area contributed by atoms with Crippen molar-refractivity contribution in [3.05, 3.63) is 22.2 Å². The number of carbonyl (C=O) groups excluding carboxylic acids is 2. The Labute approximate surface area is 161 Å². The Morgan fingerprint density at radius 2 is 2.00 bits per heavy atom. The van der Waals surface area contributed by atoms with Gasteiger partial charge in [0.2, 0.25) is 0 Å². The van der Waals surface area contributed by atoms with Crippen LogP contribution in [0.5, 0.6) is 11.5 Å². The normalized spacial score (nSPS) is 15.3. The molecule has 1 atom stereocenters. The highest BCUT2D eigenvalue weighted by atomic mass is 79.9. The zero-order valence-corrected chi connectivity index (χ0v) is 16.8. The first-order valence-electron chi connectivity index (χ1n) is 8.55. The van der Waals surface area contributed by atoms with E-state index in [2.05, 4.69) is 15.9 Å². The van der Waals surface area contributed by atoms with Crippen LogP contribution in [0.2, 0.25) is 0 Å². The number of esters is 1. The molecule has 0 aromatic heterocycles. The molecule has 0 saturated carbocycles. The third kappa shape index (κ3) is 5.11. The number of methoxy groups -OCH3 is 1. The second kappa shape index (κ2) is 9.78. The van der Waals surface area contributed by atoms with Gasteiger partial charge in [0, 0.05) is 13.1 Å². The van der Waals surface area contributed by atoms with Crippen molar-refractivity contribution in [3.8, 4) is 11.5 Å². The van der Waals surface area contributed by atoms with Crippen LogP contribution in [0, 0.1) is 0 Å². The van der Waals surface area contributed by atoms with Crippen LogP contribution in [0.3, 0.4) is 0 Å². The van der Waals surface area contributed by atoms with E-state index in [4.69, 9.17) is 18.9 Å². The number of benzene rings is 1. The van der Waals surface area contributed by atoms with Crippen LogP contribution in [0.4, 0.5) is 0 Å². The number of rotatable bonds is 7. The molecule has 1 aromatic carbocycles. The lowest BCUT2D eigenvalue weighted by Crippen LogP contribution is -2.46. The van der Waals surface area contributed by atoms with Crippen LogP contribution in [-0.4, -0.2) is 62.9 Å². The fourth-order valence-electron chi connectivity index (χ4n) is 2.50. The molecule has 1 fully saturated rings. The van der Waals surface area contributed by atoms with Crippen LogP contribution in [0.25, 0.3) is 0 Å². The number of nitrogens with zero attached hydrogens (tertiary/aromatic N) is 1. The molecule has 1 heterocycles. The van der Waals surface area contributed by atoms with E-state index in [-0.39, 0.29) is 11.5 Å². The molecule has 1 amide bonds. The van der Waals surface area contributed by atoms with Crippen LogP contribution in [0.1, 0.15) is 30.6 Å². The van der Waals surface area contributed by atoms with E-state index in [1.165, 1.54) is 7.11 Å². The fourth-order valence-corrected chi connectivity index (χ4v) is 3.06. The van der Waals surface area contributed by atoms with E-state index in [0.29, 0.717) is 48.9 Å². The van der Waals surface area contributed by atoms with Gasteiger partial charge in [0.1, 0.15) is 0 Å². The zero-order chi connectivity index (χ0) is 19.1. The third-order valence-electron chi connectivity index (χ3n) is 3.87. The molecule has 1 aromatic rings. The van der Waals surface area contributed by atoms with Gasteiger partial charge in [-0.05, 0) is 41.4 Å². The van der Waals surface area contributed by atoms with Gasteiger partial charge in [-0.25, -0.2) is 4.79 Å². The number of hydrogen-bond donors (Lipinski definition) is 0. The first-order valence-corrected chi connectivity index (χ1v) is 9.35. The zero-order valence-electron chi connectivity index (χ0n) is 15.2. The summed E-state index contributed by atoms with van der Waals surface area (Å²) in [7, 11) is 1.50. The third-order valence-corrected chi connectivity index (χ3v) is 4.46. The molecule has 0 aliphatic carbocycles. The summed E-state index contributed by atoms with van der Waals surface area (Å²) in [5.74, 6) is 0.131. The number of amides is 1. The Morgan fingerprint density at radius 1 is 1.31 bits per heavy atom. The summed E-state index contributed by atoms with van der Waals surface area (Å²) in [6, 6.07) is 3.14. The molecule has 7 nitrogen and oxygen atoms in total. The molecule has 8 heteroatoms. The molecule has 26 heavy (non-hydrogen) atoms. The van der Waals surface area contributed by atoms with Crippen molar-refractivity contribution in [2.75, 3.05) is 40.0 Å². The summed E-state index contributed by atoms with van der Waals surface area (Å²) in [5, 5.41) is 0. The van der Waals surface area contributed by atoms with Gasteiger partial charge >= 0.3 is 5.97 Å². The molecule has 1 unspecified atom stereocenters. The molecule has 1 saturated heterocycles. The van der Waals surface area contributed by atoms with Gasteiger partial charge in [0.15, 0.2) is 17.6 Å². The Bertz CT molecular complexity index is 645. The second-order valence-corrected chi connectivity index (χ2v) is 6.68. The number of halogens is 1. The quantitative estimate of drug-likeness (QED) is 0.620. The van der Waals surface area contributed by atoms with Crippen molar-refractivity contribution in [2.24, 2.45) is 0 Å². The maximum absolute atomic E-state index is 12.5. The lowest BCUT2D eigenvalue weighted by molar-refractivity contribution is -0.143. The highest BCUT2D eigenvalue weighted by Crippen LogP contribution is 2.37. The van der Waals surface area contributed by atoms with Gasteiger partial charge in [-0.1, -0.05) is 6.92 Å². The minimum absolute atomic E-state index is 0.226. The number of ether oxygens (including phenoxy) is 4. The molecule has 0 radical (unpaired) electrons. The molecule has 1 aliphatic rings. The number of hydrogen-bond acceptors (Lipinski definition) is 6. The molecule has 2 rings (SSSR count). The van der Waals surface area contributed by atoms with Gasteiger partial charge in [-0.3, -0.25) is 4.79 Å². The average Bonchev–Trinajstić information content (AvgIpc) is 2.66. The minimum atomic E-state index is -0.874. The van der Waals surface area contributed by atoms with E-state index < -0.39 is 12.1 Å². The summed E-state index contributed by atoms with van der Waals surface area (Å²) < 4.78 is 22.1. The number of morpholine rings is 1. The van der Waals surface area contributed by atoms with E-state index in [9.17, 15) is 9.59 Å². The standard InChI is InChI=1S/C18H24BrNO6/c1-4-7-25-16-14(19)10-13(11-15(16)23-3)18(22)26-12(2)17(21)20-5-8-24-9-6-20/h10-12H,4-9H2,1-3H3. The summed E-state index contributed by atoms with van der Waals surface area (Å²) in [5.41, 5.74) is 0.277. The first-order chi connectivity index (χ1) is 12.5.